The molecule has 0 fully saturated rings. The zero-order chi connectivity index (χ0) is 42.9. The molecule has 0 bridgehead atoms. The lowest BCUT2D eigenvalue weighted by Crippen LogP contribution is -2.22. The largest absolute Gasteiger partial charge is 0.506 e. The summed E-state index contributed by atoms with van der Waals surface area (Å²) in [7, 11) is 1.59. The third-order valence-electron chi connectivity index (χ3n) is 9.96. The fourth-order valence-corrected chi connectivity index (χ4v) is 7.89. The van der Waals surface area contributed by atoms with Crippen molar-refractivity contribution in [3.05, 3.63) is 154 Å². The van der Waals surface area contributed by atoms with E-state index in [0.29, 0.717) is 58.7 Å². The predicted octanol–water partition coefficient (Wildman–Crippen LogP) is 8.19. The number of H-pyrrole nitrogens is 1. The van der Waals surface area contributed by atoms with Crippen LogP contribution in [-0.4, -0.2) is 52.2 Å². The van der Waals surface area contributed by atoms with E-state index in [1.807, 2.05) is 85.8 Å². The lowest BCUT2D eigenvalue weighted by molar-refractivity contribution is 0.0998. The second kappa shape index (κ2) is 19.3. The van der Waals surface area contributed by atoms with Gasteiger partial charge in [0, 0.05) is 74.4 Å². The van der Waals surface area contributed by atoms with Gasteiger partial charge in [-0.05, 0) is 116 Å². The van der Waals surface area contributed by atoms with Crippen LogP contribution in [0.3, 0.4) is 0 Å². The number of aromatic amines is 1. The number of hydrogen-bond acceptors (Lipinski definition) is 10. The number of nitrogens with zero attached hydrogens (tertiary/aromatic N) is 1. The maximum Gasteiger partial charge on any atom is 0.255 e. The molecule has 2 amide bonds. The molecular formula is C48H44N6O6S. The number of fused-ring (bicyclic) bond motifs is 2. The van der Waals surface area contributed by atoms with Gasteiger partial charge in [0.2, 0.25) is 5.56 Å². The number of carbonyl (C=O) groups is 2. The Morgan fingerprint density at radius 1 is 0.918 bits per heavy atom. The van der Waals surface area contributed by atoms with Crippen molar-refractivity contribution in [3.63, 3.8) is 0 Å². The van der Waals surface area contributed by atoms with Gasteiger partial charge in [0.05, 0.1) is 35.5 Å². The second-order valence-electron chi connectivity index (χ2n) is 14.3. The van der Waals surface area contributed by atoms with Crippen LogP contribution in [0.15, 0.2) is 130 Å². The Balaban J connectivity index is 0.914. The number of methoxy groups -OCH3 is 1. The lowest BCUT2D eigenvalue weighted by atomic mass is 10.0. The SMILES string of the molecule is COc1cccc(Nc2c(C(N)=O)cnc3c(C)cc(Sc4cccc(C(=O)Nc5ccc(C#CCCCCNCC(O)c6ccc(O)c7[nH]c(=O)ccc67)cc5)c4)cc23)c1. The normalized spacial score (nSPS) is 11.5. The quantitative estimate of drug-likeness (QED) is 0.0392. The first-order valence-electron chi connectivity index (χ1n) is 19.6. The van der Waals surface area contributed by atoms with Crippen molar-refractivity contribution >= 4 is 62.4 Å². The average molecular weight is 833 g/mol. The number of phenols is 1. The number of aliphatic hydroxyl groups excluding tert-OH is 1. The van der Waals surface area contributed by atoms with E-state index >= 15 is 0 Å². The van der Waals surface area contributed by atoms with Crippen LogP contribution in [0.25, 0.3) is 21.8 Å². The smallest absolute Gasteiger partial charge is 0.255 e. The molecule has 5 aromatic carbocycles. The standard InChI is InChI=1S/C48H44N6O6S/c1-29-23-36(26-39-44(29)51-27-40(47(49)58)45(39)52-33-11-8-12-34(25-33)60-2)61-35-13-7-10-31(24-35)48(59)53-32-16-14-30(15-17-32)9-5-3-4-6-22-50-28-42(56)37-18-20-41(55)46-38(37)19-21-43(57)54-46/h7-8,10-21,23-27,42,50,55-56H,3-4,6,22,28H2,1-2H3,(H2,49,58)(H,51,52)(H,53,59)(H,54,57). The van der Waals surface area contributed by atoms with E-state index in [0.717, 1.165) is 50.3 Å². The molecule has 0 saturated carbocycles. The molecule has 2 aromatic heterocycles. The van der Waals surface area contributed by atoms with Gasteiger partial charge in [-0.15, -0.1) is 0 Å². The molecule has 0 spiro atoms. The highest BCUT2D eigenvalue weighted by Gasteiger charge is 2.18. The maximum absolute atomic E-state index is 13.3. The molecule has 0 saturated heterocycles. The van der Waals surface area contributed by atoms with Crippen molar-refractivity contribution in [1.29, 1.82) is 0 Å². The number of rotatable bonds is 15. The molecule has 0 radical (unpaired) electrons. The van der Waals surface area contributed by atoms with Gasteiger partial charge in [-0.25, -0.2) is 0 Å². The van der Waals surface area contributed by atoms with Gasteiger partial charge in [-0.3, -0.25) is 19.4 Å². The van der Waals surface area contributed by atoms with E-state index in [1.54, 1.807) is 25.3 Å². The van der Waals surface area contributed by atoms with Crippen LogP contribution in [-0.2, 0) is 0 Å². The summed E-state index contributed by atoms with van der Waals surface area (Å²) in [5, 5.41) is 31.8. The van der Waals surface area contributed by atoms with Gasteiger partial charge in [-0.2, -0.15) is 0 Å². The van der Waals surface area contributed by atoms with E-state index in [2.05, 4.69) is 37.8 Å². The number of unbranched alkanes of at least 4 members (excludes halogenated alkanes) is 2. The highest BCUT2D eigenvalue weighted by atomic mass is 32.2. The van der Waals surface area contributed by atoms with Crippen LogP contribution < -0.4 is 32.0 Å². The number of amides is 2. The summed E-state index contributed by atoms with van der Waals surface area (Å²) in [5.74, 6) is 6.16. The molecule has 0 aliphatic heterocycles. The second-order valence-corrected chi connectivity index (χ2v) is 15.5. The number of aromatic hydroxyl groups is 1. The number of nitrogens with one attached hydrogen (secondary N) is 4. The van der Waals surface area contributed by atoms with Gasteiger partial charge < -0.3 is 41.6 Å². The van der Waals surface area contributed by atoms with Crippen molar-refractivity contribution < 1.29 is 24.5 Å². The summed E-state index contributed by atoms with van der Waals surface area (Å²) >= 11 is 1.49. The Labute approximate surface area is 356 Å². The lowest BCUT2D eigenvalue weighted by Gasteiger charge is -2.16. The Morgan fingerprint density at radius 2 is 1.74 bits per heavy atom. The van der Waals surface area contributed by atoms with Crippen LogP contribution in [0.5, 0.6) is 11.5 Å². The molecule has 308 valence electrons. The fourth-order valence-electron chi connectivity index (χ4n) is 6.88. The molecule has 0 aliphatic carbocycles. The monoisotopic (exact) mass is 832 g/mol. The number of primary amides is 1. The van der Waals surface area contributed by atoms with Crippen LogP contribution in [0.2, 0.25) is 0 Å². The van der Waals surface area contributed by atoms with E-state index in [1.165, 1.54) is 30.1 Å². The van der Waals surface area contributed by atoms with Gasteiger partial charge in [0.15, 0.2) is 0 Å². The van der Waals surface area contributed by atoms with E-state index < -0.39 is 12.0 Å². The van der Waals surface area contributed by atoms with Crippen LogP contribution in [0.1, 0.15) is 62.8 Å². The molecular weight excluding hydrogens is 789 g/mol. The fraction of sp³-hybridized carbons (Fsp3) is 0.167. The number of nitrogens with two attached hydrogens (primary N) is 1. The average Bonchev–Trinajstić information content (AvgIpc) is 3.25. The van der Waals surface area contributed by atoms with Crippen molar-refractivity contribution in [3.8, 4) is 23.3 Å². The summed E-state index contributed by atoms with van der Waals surface area (Å²) in [6.07, 6.45) is 3.14. The Hall–Kier alpha value is -7.11. The van der Waals surface area contributed by atoms with Gasteiger partial charge in [0.25, 0.3) is 11.8 Å². The topological polar surface area (TPSA) is 192 Å². The number of pyridine rings is 2. The number of anilines is 3. The number of benzene rings is 5. The maximum atomic E-state index is 13.3. The molecule has 12 nitrogen and oxygen atoms in total. The van der Waals surface area contributed by atoms with Crippen molar-refractivity contribution in [1.82, 2.24) is 15.3 Å². The highest BCUT2D eigenvalue weighted by Crippen LogP contribution is 2.37. The molecule has 1 unspecified atom stereocenters. The number of carbonyl (C=O) groups excluding carboxylic acids is 2. The van der Waals surface area contributed by atoms with Crippen molar-refractivity contribution in [2.24, 2.45) is 5.73 Å². The number of aryl methyl sites for hydroxylation is 1. The third-order valence-corrected chi connectivity index (χ3v) is 10.9. The van der Waals surface area contributed by atoms with E-state index in [4.69, 9.17) is 10.5 Å². The summed E-state index contributed by atoms with van der Waals surface area (Å²) in [4.78, 5) is 46.5. The van der Waals surface area contributed by atoms with E-state index in [-0.39, 0.29) is 22.8 Å². The minimum Gasteiger partial charge on any atom is -0.506 e. The minimum absolute atomic E-state index is 0.0409. The Bertz CT molecular complexity index is 2870. The zero-order valence-corrected chi connectivity index (χ0v) is 34.4. The number of phenolic OH excluding ortho intramolecular Hbond substituents is 1. The van der Waals surface area contributed by atoms with Crippen LogP contribution >= 0.6 is 11.8 Å². The molecule has 1 atom stereocenters. The summed E-state index contributed by atoms with van der Waals surface area (Å²) in [6.45, 7) is 2.99. The molecule has 61 heavy (non-hydrogen) atoms. The molecule has 0 aliphatic rings. The van der Waals surface area contributed by atoms with Crippen LogP contribution in [0.4, 0.5) is 17.1 Å². The first-order valence-corrected chi connectivity index (χ1v) is 20.4. The summed E-state index contributed by atoms with van der Waals surface area (Å²) in [5.41, 5.74) is 11.6. The number of ether oxygens (including phenoxy) is 1. The summed E-state index contributed by atoms with van der Waals surface area (Å²) in [6, 6.07) is 32.3. The molecule has 7 aromatic rings. The third kappa shape index (κ3) is 10.4. The molecule has 2 heterocycles. The Morgan fingerprint density at radius 3 is 2.54 bits per heavy atom. The highest BCUT2D eigenvalue weighted by molar-refractivity contribution is 7.99. The number of aliphatic hydroxyl groups is 1. The first kappa shape index (κ1) is 42.0. The first-order chi connectivity index (χ1) is 29.6. The van der Waals surface area contributed by atoms with E-state index in [9.17, 15) is 24.6 Å². The predicted molar refractivity (Wildman–Crippen MR) is 241 cm³/mol. The van der Waals surface area contributed by atoms with Gasteiger partial charge in [-0.1, -0.05) is 41.8 Å². The van der Waals surface area contributed by atoms with Crippen molar-refractivity contribution in [2.45, 2.75) is 42.1 Å². The Kier molecular flexibility index (Phi) is 13.3. The number of aromatic nitrogens is 2. The summed E-state index contributed by atoms with van der Waals surface area (Å²) < 4.78 is 5.38. The van der Waals surface area contributed by atoms with Crippen molar-refractivity contribution in [2.75, 3.05) is 30.8 Å². The zero-order valence-electron chi connectivity index (χ0n) is 33.5. The van der Waals surface area contributed by atoms with Gasteiger partial charge >= 0.3 is 0 Å². The van der Waals surface area contributed by atoms with Gasteiger partial charge in [0.1, 0.15) is 11.5 Å². The number of hydrogen-bond donors (Lipinski definition) is 7. The molecule has 7 rings (SSSR count). The van der Waals surface area contributed by atoms with Crippen LogP contribution in [0, 0.1) is 18.8 Å². The molecule has 13 heteroatoms. The molecule has 8 N–H and O–H groups in total. The minimum atomic E-state index is -0.805.